The molecule has 0 spiro atoms. The van der Waals surface area contributed by atoms with Crippen molar-refractivity contribution < 1.29 is 18.0 Å². The van der Waals surface area contributed by atoms with Crippen molar-refractivity contribution in [1.29, 1.82) is 0 Å². The van der Waals surface area contributed by atoms with Crippen LogP contribution >= 0.6 is 11.3 Å². The highest BCUT2D eigenvalue weighted by Gasteiger charge is 2.21. The highest BCUT2D eigenvalue weighted by molar-refractivity contribution is 7.13. The van der Waals surface area contributed by atoms with Gasteiger partial charge < -0.3 is 18.2 Å². The summed E-state index contributed by atoms with van der Waals surface area (Å²) in [5.41, 5.74) is 0. The minimum atomic E-state index is -0.0177. The van der Waals surface area contributed by atoms with Crippen LogP contribution in [0.3, 0.4) is 0 Å². The standard InChI is InChI=1S/C22H24N4O4S/c1-2-9-26(15-20-23-24-22(30-20)19-8-5-12-31-19)21(27)16-25(13-17-6-3-10-28-17)14-18-7-4-11-29-18/h3-8,10-12H,2,9,13-16H2,1H3. The topological polar surface area (TPSA) is 88.8 Å². The summed E-state index contributed by atoms with van der Waals surface area (Å²) in [6.45, 7) is 4.14. The van der Waals surface area contributed by atoms with E-state index in [2.05, 4.69) is 10.2 Å². The number of aromatic nitrogens is 2. The quantitative estimate of drug-likeness (QED) is 0.341. The highest BCUT2D eigenvalue weighted by atomic mass is 32.1. The Bertz CT molecular complexity index is 1010. The van der Waals surface area contributed by atoms with Crippen molar-refractivity contribution in [2.75, 3.05) is 13.1 Å². The van der Waals surface area contributed by atoms with Crippen molar-refractivity contribution in [1.82, 2.24) is 20.0 Å². The lowest BCUT2D eigenvalue weighted by atomic mass is 10.3. The van der Waals surface area contributed by atoms with E-state index in [9.17, 15) is 4.79 Å². The minimum Gasteiger partial charge on any atom is -0.468 e. The van der Waals surface area contributed by atoms with Gasteiger partial charge in [0.1, 0.15) is 11.5 Å². The second-order valence-electron chi connectivity index (χ2n) is 7.10. The van der Waals surface area contributed by atoms with Crippen LogP contribution in [0.15, 0.2) is 67.6 Å². The Morgan fingerprint density at radius 1 is 1.00 bits per heavy atom. The Hall–Kier alpha value is -3.17. The van der Waals surface area contributed by atoms with Crippen LogP contribution in [0.25, 0.3) is 10.8 Å². The van der Waals surface area contributed by atoms with E-state index in [4.69, 9.17) is 13.3 Å². The second-order valence-corrected chi connectivity index (χ2v) is 8.05. The van der Waals surface area contributed by atoms with Crippen LogP contribution in [-0.4, -0.2) is 39.0 Å². The number of furan rings is 2. The third-order valence-electron chi connectivity index (χ3n) is 4.65. The Balaban J connectivity index is 1.44. The van der Waals surface area contributed by atoms with Gasteiger partial charge in [-0.2, -0.15) is 0 Å². The lowest BCUT2D eigenvalue weighted by Gasteiger charge is -2.25. The van der Waals surface area contributed by atoms with E-state index in [0.29, 0.717) is 31.4 Å². The van der Waals surface area contributed by atoms with Crippen molar-refractivity contribution in [3.05, 3.63) is 71.7 Å². The first-order valence-corrected chi connectivity index (χ1v) is 11.0. The third kappa shape index (κ3) is 5.71. The number of thiophene rings is 1. The maximum absolute atomic E-state index is 13.2. The van der Waals surface area contributed by atoms with Gasteiger partial charge in [0.2, 0.25) is 11.8 Å². The summed E-state index contributed by atoms with van der Waals surface area (Å²) in [5.74, 6) is 2.47. The number of amides is 1. The van der Waals surface area contributed by atoms with Crippen LogP contribution in [0.5, 0.6) is 0 Å². The molecule has 31 heavy (non-hydrogen) atoms. The van der Waals surface area contributed by atoms with E-state index >= 15 is 0 Å². The Kier molecular flexibility index (Phi) is 6.96. The molecule has 4 heterocycles. The highest BCUT2D eigenvalue weighted by Crippen LogP contribution is 2.23. The molecule has 0 aliphatic carbocycles. The van der Waals surface area contributed by atoms with Crippen molar-refractivity contribution in [2.45, 2.75) is 33.0 Å². The lowest BCUT2D eigenvalue weighted by molar-refractivity contribution is -0.133. The fourth-order valence-electron chi connectivity index (χ4n) is 3.25. The van der Waals surface area contributed by atoms with Gasteiger partial charge in [0.15, 0.2) is 0 Å². The van der Waals surface area contributed by atoms with Crippen LogP contribution in [-0.2, 0) is 24.4 Å². The smallest absolute Gasteiger partial charge is 0.257 e. The first-order valence-electron chi connectivity index (χ1n) is 10.1. The number of hydrogen-bond donors (Lipinski definition) is 0. The van der Waals surface area contributed by atoms with Gasteiger partial charge in [-0.05, 0) is 42.1 Å². The van der Waals surface area contributed by atoms with E-state index in [0.717, 1.165) is 22.8 Å². The SMILES string of the molecule is CCCN(Cc1nnc(-c2cccs2)o1)C(=O)CN(Cc1ccco1)Cc1ccco1. The third-order valence-corrected chi connectivity index (χ3v) is 5.51. The lowest BCUT2D eigenvalue weighted by Crippen LogP contribution is -2.40. The average molecular weight is 441 g/mol. The average Bonchev–Trinajstić information content (AvgIpc) is 3.55. The molecular weight excluding hydrogens is 416 g/mol. The molecular formula is C22H24N4O4S. The fourth-order valence-corrected chi connectivity index (χ4v) is 3.89. The summed E-state index contributed by atoms with van der Waals surface area (Å²) < 4.78 is 16.7. The van der Waals surface area contributed by atoms with Gasteiger partial charge in [0.05, 0.1) is 43.6 Å². The van der Waals surface area contributed by atoms with Crippen LogP contribution < -0.4 is 0 Å². The molecule has 0 saturated carbocycles. The summed E-state index contributed by atoms with van der Waals surface area (Å²) in [4.78, 5) is 17.8. The molecule has 0 atom stereocenters. The Morgan fingerprint density at radius 2 is 1.74 bits per heavy atom. The predicted octanol–water partition coefficient (Wildman–Crippen LogP) is 4.43. The van der Waals surface area contributed by atoms with Crippen LogP contribution in [0.4, 0.5) is 0 Å². The summed E-state index contributed by atoms with van der Waals surface area (Å²) in [6.07, 6.45) is 4.09. The largest absolute Gasteiger partial charge is 0.468 e. The summed E-state index contributed by atoms with van der Waals surface area (Å²) in [5, 5.41) is 10.2. The zero-order chi connectivity index (χ0) is 21.5. The normalized spacial score (nSPS) is 11.3. The number of carbonyl (C=O) groups excluding carboxylic acids is 1. The van der Waals surface area contributed by atoms with E-state index in [-0.39, 0.29) is 19.0 Å². The van der Waals surface area contributed by atoms with Gasteiger partial charge in [-0.15, -0.1) is 21.5 Å². The molecule has 1 amide bonds. The number of nitrogens with zero attached hydrogens (tertiary/aromatic N) is 4. The molecule has 8 nitrogen and oxygen atoms in total. The van der Waals surface area contributed by atoms with Gasteiger partial charge in [-0.1, -0.05) is 13.0 Å². The zero-order valence-electron chi connectivity index (χ0n) is 17.3. The molecule has 4 aromatic rings. The fraction of sp³-hybridized carbons (Fsp3) is 0.318. The van der Waals surface area contributed by atoms with Crippen molar-refractivity contribution in [3.8, 4) is 10.8 Å². The van der Waals surface area contributed by atoms with Gasteiger partial charge in [0.25, 0.3) is 5.89 Å². The van der Waals surface area contributed by atoms with Crippen molar-refractivity contribution in [3.63, 3.8) is 0 Å². The van der Waals surface area contributed by atoms with E-state index in [1.54, 1.807) is 17.4 Å². The summed E-state index contributed by atoms with van der Waals surface area (Å²) >= 11 is 1.54. The maximum atomic E-state index is 13.2. The van der Waals surface area contributed by atoms with E-state index in [1.165, 1.54) is 11.3 Å². The first kappa shape index (κ1) is 21.1. The van der Waals surface area contributed by atoms with E-state index in [1.807, 2.05) is 53.6 Å². The molecule has 4 rings (SSSR count). The summed E-state index contributed by atoms with van der Waals surface area (Å²) in [6, 6.07) is 11.3. The molecule has 9 heteroatoms. The Morgan fingerprint density at radius 3 is 2.32 bits per heavy atom. The summed E-state index contributed by atoms with van der Waals surface area (Å²) in [7, 11) is 0. The van der Waals surface area contributed by atoms with Gasteiger partial charge in [-0.3, -0.25) is 9.69 Å². The Labute approximate surface area is 184 Å². The minimum absolute atomic E-state index is 0.0177. The van der Waals surface area contributed by atoms with Gasteiger partial charge in [-0.25, -0.2) is 0 Å². The second kappa shape index (κ2) is 10.2. The molecule has 0 radical (unpaired) electrons. The molecule has 0 saturated heterocycles. The molecule has 0 fully saturated rings. The van der Waals surface area contributed by atoms with Crippen LogP contribution in [0.2, 0.25) is 0 Å². The van der Waals surface area contributed by atoms with Gasteiger partial charge in [0, 0.05) is 6.54 Å². The van der Waals surface area contributed by atoms with Crippen LogP contribution in [0, 0.1) is 0 Å². The van der Waals surface area contributed by atoms with Crippen molar-refractivity contribution in [2.24, 2.45) is 0 Å². The van der Waals surface area contributed by atoms with Crippen molar-refractivity contribution >= 4 is 17.2 Å². The monoisotopic (exact) mass is 440 g/mol. The predicted molar refractivity (Wildman–Crippen MR) is 115 cm³/mol. The molecule has 0 unspecified atom stereocenters. The molecule has 0 aliphatic rings. The zero-order valence-corrected chi connectivity index (χ0v) is 18.1. The molecule has 0 N–H and O–H groups in total. The van der Waals surface area contributed by atoms with Gasteiger partial charge >= 0.3 is 0 Å². The number of hydrogen-bond acceptors (Lipinski definition) is 8. The first-order chi connectivity index (χ1) is 15.2. The molecule has 0 bridgehead atoms. The van der Waals surface area contributed by atoms with Crippen LogP contribution in [0.1, 0.15) is 30.8 Å². The molecule has 162 valence electrons. The maximum Gasteiger partial charge on any atom is 0.257 e. The number of carbonyl (C=O) groups is 1. The molecule has 4 aromatic heterocycles. The van der Waals surface area contributed by atoms with E-state index < -0.39 is 0 Å². The molecule has 0 aliphatic heterocycles. The molecule has 0 aromatic carbocycles. The number of rotatable bonds is 11.